The zero-order chi connectivity index (χ0) is 16.7. The number of benzene rings is 2. The minimum atomic E-state index is -0.219. The van der Waals surface area contributed by atoms with Crippen LogP contribution in [0.15, 0.2) is 47.5 Å². The van der Waals surface area contributed by atoms with Crippen LogP contribution in [0.5, 0.6) is 0 Å². The molecule has 0 aromatic heterocycles. The van der Waals surface area contributed by atoms with E-state index in [1.807, 2.05) is 35.2 Å². The van der Waals surface area contributed by atoms with Crippen molar-refractivity contribution in [3.05, 3.63) is 69.7 Å². The molecule has 0 fully saturated rings. The number of amides is 2. The molecule has 4 heteroatoms. The highest BCUT2D eigenvalue weighted by atomic mass is 16.2. The summed E-state index contributed by atoms with van der Waals surface area (Å²) in [5.74, 6) is -0.207. The molecule has 0 radical (unpaired) electrons. The quantitative estimate of drug-likeness (QED) is 0.839. The second-order valence-electron chi connectivity index (χ2n) is 6.46. The minimum Gasteiger partial charge on any atom is -0.334 e. The number of nitrogens with zero attached hydrogens (tertiary/aromatic N) is 2. The third-order valence-corrected chi connectivity index (χ3v) is 4.76. The fourth-order valence-corrected chi connectivity index (χ4v) is 3.42. The lowest BCUT2D eigenvalue weighted by molar-refractivity contribution is -0.129. The lowest BCUT2D eigenvalue weighted by Gasteiger charge is -2.13. The zero-order valence-electron chi connectivity index (χ0n) is 13.5. The number of para-hydroxylation sites is 1. The molecule has 2 aliphatic heterocycles. The van der Waals surface area contributed by atoms with E-state index in [0.717, 1.165) is 16.1 Å². The number of carbonyl (C=O) groups excluding carboxylic acids is 2. The third-order valence-electron chi connectivity index (χ3n) is 4.76. The standard InChI is InChI=1S/C20H18N2O2/c1-13(23)22-11-16-7-6-14(9-18(16)12-22)8-17-10-15-4-2-3-5-19(15)21-20(17)24/h2-7,9-10,17H,8,11-12H2,1H3. The van der Waals surface area contributed by atoms with Crippen LogP contribution in [0.1, 0.15) is 23.6 Å². The van der Waals surface area contributed by atoms with Gasteiger partial charge in [0.05, 0.1) is 11.3 Å². The Morgan fingerprint density at radius 3 is 2.79 bits per heavy atom. The Bertz CT molecular complexity index is 962. The van der Waals surface area contributed by atoms with Crippen molar-refractivity contribution in [2.24, 2.45) is 10.9 Å². The monoisotopic (exact) mass is 318 g/mol. The Labute approximate surface area is 140 Å². The lowest BCUT2D eigenvalue weighted by atomic mass is 9.94. The molecule has 0 bridgehead atoms. The average Bonchev–Trinajstić information content (AvgIpc) is 2.99. The van der Waals surface area contributed by atoms with Gasteiger partial charge in [0.15, 0.2) is 0 Å². The van der Waals surface area contributed by atoms with Crippen LogP contribution in [-0.4, -0.2) is 16.7 Å². The van der Waals surface area contributed by atoms with Gasteiger partial charge in [-0.2, -0.15) is 0 Å². The largest absolute Gasteiger partial charge is 0.334 e. The van der Waals surface area contributed by atoms with E-state index in [2.05, 4.69) is 23.2 Å². The molecule has 0 spiro atoms. The Kier molecular flexibility index (Phi) is 3.53. The average molecular weight is 318 g/mol. The second-order valence-corrected chi connectivity index (χ2v) is 6.46. The highest BCUT2D eigenvalue weighted by Gasteiger charge is 2.23. The van der Waals surface area contributed by atoms with E-state index in [1.165, 1.54) is 11.1 Å². The fourth-order valence-electron chi connectivity index (χ4n) is 3.42. The van der Waals surface area contributed by atoms with E-state index in [-0.39, 0.29) is 17.7 Å². The molecule has 2 heterocycles. The van der Waals surface area contributed by atoms with Gasteiger partial charge >= 0.3 is 0 Å². The first-order valence-electron chi connectivity index (χ1n) is 8.16. The van der Waals surface area contributed by atoms with Gasteiger partial charge in [-0.25, -0.2) is 4.99 Å². The van der Waals surface area contributed by atoms with Gasteiger partial charge in [-0.15, -0.1) is 0 Å². The van der Waals surface area contributed by atoms with Crippen LogP contribution in [0, 0.1) is 5.92 Å². The minimum absolute atomic E-state index is 0.0837. The van der Waals surface area contributed by atoms with Crippen LogP contribution in [0.3, 0.4) is 0 Å². The fraction of sp³-hybridized carbons (Fsp3) is 0.250. The molecule has 4 rings (SSSR count). The maximum Gasteiger partial charge on any atom is 0.253 e. The molecule has 0 aliphatic carbocycles. The Hall–Kier alpha value is -2.75. The molecule has 2 aromatic rings. The molecule has 1 atom stereocenters. The normalized spacial score (nSPS) is 18.5. The van der Waals surface area contributed by atoms with Crippen LogP contribution < -0.4 is 10.6 Å². The summed E-state index contributed by atoms with van der Waals surface area (Å²) in [5, 5.41) is 1.77. The molecule has 0 saturated carbocycles. The summed E-state index contributed by atoms with van der Waals surface area (Å²) in [5.41, 5.74) is 3.49. The number of hydrogen-bond donors (Lipinski definition) is 0. The highest BCUT2D eigenvalue weighted by molar-refractivity contribution is 5.86. The summed E-state index contributed by atoms with van der Waals surface area (Å²) in [6.45, 7) is 2.94. The predicted octanol–water partition coefficient (Wildman–Crippen LogP) is 1.35. The van der Waals surface area contributed by atoms with E-state index in [4.69, 9.17) is 0 Å². The summed E-state index contributed by atoms with van der Waals surface area (Å²) in [6.07, 6.45) is 2.66. The molecule has 2 aromatic carbocycles. The summed E-state index contributed by atoms with van der Waals surface area (Å²) < 4.78 is 0. The second kappa shape index (κ2) is 5.71. The van der Waals surface area contributed by atoms with Crippen molar-refractivity contribution in [1.29, 1.82) is 0 Å². The predicted molar refractivity (Wildman–Crippen MR) is 90.3 cm³/mol. The van der Waals surface area contributed by atoms with Gasteiger partial charge in [-0.3, -0.25) is 9.59 Å². The molecule has 1 unspecified atom stereocenters. The van der Waals surface area contributed by atoms with E-state index in [1.54, 1.807) is 6.92 Å². The van der Waals surface area contributed by atoms with Crippen molar-refractivity contribution in [2.45, 2.75) is 26.4 Å². The zero-order valence-corrected chi connectivity index (χ0v) is 13.5. The molecule has 24 heavy (non-hydrogen) atoms. The first-order chi connectivity index (χ1) is 11.6. The smallest absolute Gasteiger partial charge is 0.253 e. The van der Waals surface area contributed by atoms with Crippen molar-refractivity contribution in [2.75, 3.05) is 0 Å². The highest BCUT2D eigenvalue weighted by Crippen LogP contribution is 2.25. The van der Waals surface area contributed by atoms with Crippen molar-refractivity contribution in [3.8, 4) is 0 Å². The molecule has 0 saturated heterocycles. The van der Waals surface area contributed by atoms with Crippen LogP contribution in [0.2, 0.25) is 0 Å². The number of rotatable bonds is 2. The van der Waals surface area contributed by atoms with Crippen molar-refractivity contribution < 1.29 is 9.59 Å². The molecular weight excluding hydrogens is 300 g/mol. The number of hydrogen-bond acceptors (Lipinski definition) is 2. The summed E-state index contributed by atoms with van der Waals surface area (Å²) in [6, 6.07) is 14.0. The SMILES string of the molecule is CC(=O)N1Cc2ccc(CC3C=c4ccccc4=NC3=O)cc2C1. The molecule has 2 amide bonds. The number of fused-ring (bicyclic) bond motifs is 2. The maximum atomic E-state index is 12.3. The topological polar surface area (TPSA) is 49.7 Å². The van der Waals surface area contributed by atoms with Crippen molar-refractivity contribution in [1.82, 2.24) is 4.90 Å². The van der Waals surface area contributed by atoms with Gasteiger partial charge in [0, 0.05) is 20.0 Å². The van der Waals surface area contributed by atoms with Gasteiger partial charge < -0.3 is 4.90 Å². The lowest BCUT2D eigenvalue weighted by Crippen LogP contribution is -2.34. The Balaban J connectivity index is 1.59. The summed E-state index contributed by atoms with van der Waals surface area (Å²) in [7, 11) is 0. The van der Waals surface area contributed by atoms with Crippen LogP contribution in [0.25, 0.3) is 6.08 Å². The van der Waals surface area contributed by atoms with E-state index < -0.39 is 0 Å². The van der Waals surface area contributed by atoms with Crippen LogP contribution in [0.4, 0.5) is 0 Å². The van der Waals surface area contributed by atoms with E-state index >= 15 is 0 Å². The molecular formula is C20H18N2O2. The summed E-state index contributed by atoms with van der Waals surface area (Å²) in [4.78, 5) is 29.9. The molecule has 120 valence electrons. The van der Waals surface area contributed by atoms with Crippen molar-refractivity contribution >= 4 is 17.9 Å². The van der Waals surface area contributed by atoms with Crippen LogP contribution in [-0.2, 0) is 29.1 Å². The maximum absolute atomic E-state index is 12.3. The van der Waals surface area contributed by atoms with Gasteiger partial charge in [0.1, 0.15) is 0 Å². The van der Waals surface area contributed by atoms with Crippen molar-refractivity contribution in [3.63, 3.8) is 0 Å². The van der Waals surface area contributed by atoms with E-state index in [9.17, 15) is 9.59 Å². The molecule has 2 aliphatic rings. The third kappa shape index (κ3) is 2.64. The van der Waals surface area contributed by atoms with Gasteiger partial charge in [0.2, 0.25) is 5.91 Å². The number of carbonyl (C=O) groups is 2. The van der Waals surface area contributed by atoms with E-state index in [0.29, 0.717) is 19.5 Å². The first-order valence-corrected chi connectivity index (χ1v) is 8.16. The van der Waals surface area contributed by atoms with Gasteiger partial charge in [-0.05, 0) is 34.4 Å². The Morgan fingerprint density at radius 1 is 1.17 bits per heavy atom. The van der Waals surface area contributed by atoms with Gasteiger partial charge in [-0.1, -0.05) is 42.5 Å². The summed E-state index contributed by atoms with van der Waals surface area (Å²) >= 11 is 0. The molecule has 4 nitrogen and oxygen atoms in total. The first kappa shape index (κ1) is 14.8. The van der Waals surface area contributed by atoms with Crippen LogP contribution >= 0.6 is 0 Å². The molecule has 0 N–H and O–H groups in total. The Morgan fingerprint density at radius 2 is 1.96 bits per heavy atom. The van der Waals surface area contributed by atoms with Gasteiger partial charge in [0.25, 0.3) is 5.91 Å².